The molecule has 1 aliphatic heterocycles. The Morgan fingerprint density at radius 1 is 1.17 bits per heavy atom. The van der Waals surface area contributed by atoms with E-state index >= 15 is 0 Å². The summed E-state index contributed by atoms with van der Waals surface area (Å²) in [6.07, 6.45) is 2.82. The zero-order chi connectivity index (χ0) is 25.3. The SMILES string of the molecule is COc1ccc(-c2noc(CN3CCCC(C(=O)NCCCSc4ccc(C)cc4)C3)n2)cc1OC. The number of piperidine rings is 1. The van der Waals surface area contributed by atoms with Gasteiger partial charge in [-0.15, -0.1) is 11.8 Å². The van der Waals surface area contributed by atoms with E-state index in [9.17, 15) is 4.79 Å². The van der Waals surface area contributed by atoms with Gasteiger partial charge in [-0.05, 0) is 68.8 Å². The molecule has 3 aromatic rings. The van der Waals surface area contributed by atoms with Crippen LogP contribution in [0, 0.1) is 12.8 Å². The van der Waals surface area contributed by atoms with Gasteiger partial charge in [0.15, 0.2) is 11.5 Å². The predicted octanol–water partition coefficient (Wildman–Crippen LogP) is 4.57. The van der Waals surface area contributed by atoms with E-state index in [0.717, 1.165) is 37.1 Å². The molecule has 2 aromatic carbocycles. The van der Waals surface area contributed by atoms with Gasteiger partial charge in [-0.25, -0.2) is 0 Å². The number of aryl methyl sites for hydroxylation is 1. The highest BCUT2D eigenvalue weighted by Crippen LogP contribution is 2.31. The number of nitrogens with zero attached hydrogens (tertiary/aromatic N) is 3. The van der Waals surface area contributed by atoms with E-state index in [1.165, 1.54) is 10.5 Å². The molecule has 1 fully saturated rings. The molecule has 1 aromatic heterocycles. The van der Waals surface area contributed by atoms with Gasteiger partial charge in [-0.3, -0.25) is 9.69 Å². The van der Waals surface area contributed by atoms with Crippen LogP contribution in [0.4, 0.5) is 0 Å². The standard InChI is InChI=1S/C27H34N4O4S/c1-19-7-10-22(11-8-19)36-15-5-13-28-27(32)21-6-4-14-31(17-21)18-25-29-26(30-35-25)20-9-12-23(33-2)24(16-20)34-3/h7-12,16,21H,4-6,13-15,17-18H2,1-3H3,(H,28,32). The molecule has 4 rings (SSSR count). The Morgan fingerprint density at radius 3 is 2.75 bits per heavy atom. The van der Waals surface area contributed by atoms with Gasteiger partial charge in [0, 0.05) is 23.5 Å². The molecule has 1 unspecified atom stereocenters. The third kappa shape index (κ3) is 7.01. The van der Waals surface area contributed by atoms with E-state index < -0.39 is 0 Å². The number of likely N-dealkylation sites (tertiary alicyclic amines) is 1. The van der Waals surface area contributed by atoms with Crippen molar-refractivity contribution in [3.8, 4) is 22.9 Å². The van der Waals surface area contributed by atoms with Gasteiger partial charge in [-0.1, -0.05) is 22.9 Å². The highest BCUT2D eigenvalue weighted by molar-refractivity contribution is 7.99. The molecule has 1 N–H and O–H groups in total. The average Bonchev–Trinajstić information content (AvgIpc) is 3.37. The van der Waals surface area contributed by atoms with Gasteiger partial charge in [-0.2, -0.15) is 4.98 Å². The number of hydrogen-bond acceptors (Lipinski definition) is 8. The van der Waals surface area contributed by atoms with E-state index in [-0.39, 0.29) is 11.8 Å². The molecular weight excluding hydrogens is 476 g/mol. The molecule has 1 saturated heterocycles. The largest absolute Gasteiger partial charge is 0.493 e. The number of thioether (sulfide) groups is 1. The van der Waals surface area contributed by atoms with Gasteiger partial charge in [0.05, 0.1) is 26.7 Å². The Labute approximate surface area is 216 Å². The van der Waals surface area contributed by atoms with Crippen LogP contribution in [0.15, 0.2) is 51.9 Å². The smallest absolute Gasteiger partial charge is 0.241 e. The molecule has 0 radical (unpaired) electrons. The van der Waals surface area contributed by atoms with Crippen LogP contribution in [0.3, 0.4) is 0 Å². The van der Waals surface area contributed by atoms with Gasteiger partial charge in [0.1, 0.15) is 0 Å². The summed E-state index contributed by atoms with van der Waals surface area (Å²) >= 11 is 1.83. The average molecular weight is 511 g/mol. The Hall–Kier alpha value is -3.04. The molecular formula is C27H34N4O4S. The van der Waals surface area contributed by atoms with Crippen molar-refractivity contribution in [2.24, 2.45) is 5.92 Å². The van der Waals surface area contributed by atoms with Gasteiger partial charge >= 0.3 is 0 Å². The first kappa shape index (κ1) is 26.0. The van der Waals surface area contributed by atoms with Crippen molar-refractivity contribution in [3.05, 3.63) is 53.9 Å². The summed E-state index contributed by atoms with van der Waals surface area (Å²) in [5, 5.41) is 7.26. The van der Waals surface area contributed by atoms with E-state index in [0.29, 0.717) is 42.8 Å². The minimum Gasteiger partial charge on any atom is -0.493 e. The van der Waals surface area contributed by atoms with E-state index in [4.69, 9.17) is 14.0 Å². The van der Waals surface area contributed by atoms with Crippen molar-refractivity contribution in [1.29, 1.82) is 0 Å². The zero-order valence-electron chi connectivity index (χ0n) is 21.2. The summed E-state index contributed by atoms with van der Waals surface area (Å²) in [6, 6.07) is 14.1. The number of rotatable bonds is 11. The number of ether oxygens (including phenoxy) is 2. The number of carbonyl (C=O) groups is 1. The fraction of sp³-hybridized carbons (Fsp3) is 0.444. The fourth-order valence-electron chi connectivity index (χ4n) is 4.27. The van der Waals surface area contributed by atoms with Crippen molar-refractivity contribution in [3.63, 3.8) is 0 Å². The first-order chi connectivity index (χ1) is 17.6. The lowest BCUT2D eigenvalue weighted by Gasteiger charge is -2.30. The molecule has 1 aliphatic rings. The Balaban J connectivity index is 1.22. The fourth-order valence-corrected chi connectivity index (χ4v) is 5.12. The number of carbonyl (C=O) groups excluding carboxylic acids is 1. The van der Waals surface area contributed by atoms with Crippen molar-refractivity contribution in [1.82, 2.24) is 20.4 Å². The van der Waals surface area contributed by atoms with Gasteiger partial charge in [0.25, 0.3) is 0 Å². The van der Waals surface area contributed by atoms with Crippen LogP contribution in [0.1, 0.15) is 30.7 Å². The molecule has 192 valence electrons. The molecule has 0 saturated carbocycles. The minimum atomic E-state index is -0.0169. The zero-order valence-corrected chi connectivity index (χ0v) is 22.0. The van der Waals surface area contributed by atoms with Crippen LogP contribution < -0.4 is 14.8 Å². The highest BCUT2D eigenvalue weighted by Gasteiger charge is 2.26. The minimum absolute atomic E-state index is 0.0169. The maximum Gasteiger partial charge on any atom is 0.241 e. The number of nitrogens with one attached hydrogen (secondary N) is 1. The third-order valence-corrected chi connectivity index (χ3v) is 7.35. The van der Waals surface area contributed by atoms with Gasteiger partial charge in [0.2, 0.25) is 17.6 Å². The van der Waals surface area contributed by atoms with Crippen molar-refractivity contribution >= 4 is 17.7 Å². The van der Waals surface area contributed by atoms with Crippen molar-refractivity contribution in [2.75, 3.05) is 39.6 Å². The maximum absolute atomic E-state index is 12.8. The summed E-state index contributed by atoms with van der Waals surface area (Å²) in [5.74, 6) is 3.40. The molecule has 0 aliphatic carbocycles. The monoisotopic (exact) mass is 510 g/mol. The molecule has 0 bridgehead atoms. The van der Waals surface area contributed by atoms with Crippen LogP contribution in [0.2, 0.25) is 0 Å². The molecule has 2 heterocycles. The lowest BCUT2D eigenvalue weighted by Crippen LogP contribution is -2.43. The maximum atomic E-state index is 12.8. The number of hydrogen-bond donors (Lipinski definition) is 1. The predicted molar refractivity (Wildman–Crippen MR) is 140 cm³/mol. The van der Waals surface area contributed by atoms with E-state index in [1.54, 1.807) is 14.2 Å². The Morgan fingerprint density at radius 2 is 1.97 bits per heavy atom. The van der Waals surface area contributed by atoms with Crippen LogP contribution in [-0.4, -0.2) is 60.6 Å². The topological polar surface area (TPSA) is 89.7 Å². The molecule has 1 amide bonds. The summed E-state index contributed by atoms with van der Waals surface area (Å²) in [6.45, 7) is 4.92. The first-order valence-electron chi connectivity index (χ1n) is 12.3. The molecule has 1 atom stereocenters. The summed E-state index contributed by atoms with van der Waals surface area (Å²) in [5.41, 5.74) is 2.06. The van der Waals surface area contributed by atoms with Gasteiger partial charge < -0.3 is 19.3 Å². The van der Waals surface area contributed by atoms with E-state index in [1.807, 2.05) is 30.0 Å². The second kappa shape index (κ2) is 12.8. The lowest BCUT2D eigenvalue weighted by molar-refractivity contribution is -0.126. The Bertz CT molecular complexity index is 1140. The molecule has 36 heavy (non-hydrogen) atoms. The van der Waals surface area contributed by atoms with Crippen molar-refractivity contribution < 1.29 is 18.8 Å². The molecule has 8 nitrogen and oxygen atoms in total. The summed E-state index contributed by atoms with van der Waals surface area (Å²) in [4.78, 5) is 20.8. The normalized spacial score (nSPS) is 16.0. The quantitative estimate of drug-likeness (QED) is 0.296. The third-order valence-electron chi connectivity index (χ3n) is 6.26. The number of benzene rings is 2. The van der Waals surface area contributed by atoms with Crippen LogP contribution in [-0.2, 0) is 11.3 Å². The molecule has 9 heteroatoms. The molecule has 0 spiro atoms. The lowest BCUT2D eigenvalue weighted by atomic mass is 9.97. The van der Waals surface area contributed by atoms with Crippen molar-refractivity contribution in [2.45, 2.75) is 37.6 Å². The van der Waals surface area contributed by atoms with Crippen LogP contribution in [0.5, 0.6) is 11.5 Å². The first-order valence-corrected chi connectivity index (χ1v) is 13.3. The number of amides is 1. The second-order valence-corrected chi connectivity index (χ2v) is 10.1. The summed E-state index contributed by atoms with van der Waals surface area (Å²) < 4.78 is 16.2. The van der Waals surface area contributed by atoms with Crippen LogP contribution in [0.25, 0.3) is 11.4 Å². The Kier molecular flexibility index (Phi) is 9.24. The van der Waals surface area contributed by atoms with E-state index in [2.05, 4.69) is 51.5 Å². The summed E-state index contributed by atoms with van der Waals surface area (Å²) in [7, 11) is 3.19. The number of aromatic nitrogens is 2. The highest BCUT2D eigenvalue weighted by atomic mass is 32.2. The second-order valence-electron chi connectivity index (χ2n) is 8.96. The van der Waals surface area contributed by atoms with Crippen LogP contribution >= 0.6 is 11.8 Å². The number of methoxy groups -OCH3 is 2.